The smallest absolute Gasteiger partial charge is 0.203 e. The molecule has 0 aliphatic rings. The van der Waals surface area contributed by atoms with Gasteiger partial charge in [0.1, 0.15) is 12.4 Å². The van der Waals surface area contributed by atoms with Gasteiger partial charge in [0.05, 0.1) is 16.8 Å². The number of fused-ring (bicyclic) bond motifs is 1. The van der Waals surface area contributed by atoms with E-state index in [-0.39, 0.29) is 0 Å². The van der Waals surface area contributed by atoms with Gasteiger partial charge in [0.15, 0.2) is 16.6 Å². The zero-order valence-electron chi connectivity index (χ0n) is 12.9. The van der Waals surface area contributed by atoms with Crippen molar-refractivity contribution in [2.45, 2.75) is 13.2 Å². The van der Waals surface area contributed by atoms with E-state index in [4.69, 9.17) is 9.15 Å². The molecule has 0 aliphatic carbocycles. The summed E-state index contributed by atoms with van der Waals surface area (Å²) in [5.74, 6) is 2.29. The van der Waals surface area contributed by atoms with Crippen molar-refractivity contribution in [1.29, 1.82) is 0 Å². The molecule has 0 amide bonds. The molecule has 0 fully saturated rings. The predicted octanol–water partition coefficient (Wildman–Crippen LogP) is 4.17. The molecule has 1 aromatic carbocycles. The third-order valence-electron chi connectivity index (χ3n) is 3.32. The van der Waals surface area contributed by atoms with Gasteiger partial charge in [-0.2, -0.15) is 4.37 Å². The summed E-state index contributed by atoms with van der Waals surface area (Å²) in [5.41, 5.74) is 0.994. The van der Waals surface area contributed by atoms with Crippen LogP contribution in [0.15, 0.2) is 40.8 Å². The molecule has 4 rings (SSSR count). The fourth-order valence-corrected chi connectivity index (χ4v) is 3.74. The lowest BCUT2D eigenvalue weighted by atomic mass is 10.3. The minimum Gasteiger partial charge on any atom is -0.457 e. The van der Waals surface area contributed by atoms with Crippen molar-refractivity contribution in [3.05, 3.63) is 48.0 Å². The quantitative estimate of drug-likeness (QED) is 0.558. The molecule has 0 unspecified atom stereocenters. The Kier molecular flexibility index (Phi) is 4.24. The van der Waals surface area contributed by atoms with Gasteiger partial charge in [-0.1, -0.05) is 12.1 Å². The molecule has 4 aromatic rings. The third kappa shape index (κ3) is 3.16. The number of ether oxygens (including phenoxy) is 1. The molecule has 0 saturated heterocycles. The van der Waals surface area contributed by atoms with Crippen LogP contribution < -0.4 is 5.32 Å². The Hall–Kier alpha value is -2.29. The average Bonchev–Trinajstić information content (AvgIpc) is 3.32. The Balaban J connectivity index is 1.46. The van der Waals surface area contributed by atoms with Crippen molar-refractivity contribution in [1.82, 2.24) is 14.3 Å². The first-order chi connectivity index (χ1) is 11.8. The van der Waals surface area contributed by atoms with Gasteiger partial charge in [-0.15, -0.1) is 11.3 Å². The minimum atomic E-state index is 0.417. The predicted molar refractivity (Wildman–Crippen MR) is 95.3 cm³/mol. The maximum atomic E-state index is 5.89. The Labute approximate surface area is 146 Å². The number of methoxy groups -OCH3 is 1. The molecule has 0 saturated carbocycles. The molecule has 0 radical (unpaired) electrons. The minimum absolute atomic E-state index is 0.417. The molecular formula is C16H14N4O2S2. The number of furan rings is 1. The largest absolute Gasteiger partial charge is 0.457 e. The molecule has 0 aliphatic heterocycles. The molecule has 0 bridgehead atoms. The highest BCUT2D eigenvalue weighted by Gasteiger charge is 2.11. The highest BCUT2D eigenvalue weighted by molar-refractivity contribution is 7.21. The number of para-hydroxylation sites is 1. The lowest BCUT2D eigenvalue weighted by Crippen LogP contribution is -1.98. The van der Waals surface area contributed by atoms with Crippen LogP contribution in [0.5, 0.6) is 0 Å². The van der Waals surface area contributed by atoms with Crippen molar-refractivity contribution in [3.63, 3.8) is 0 Å². The molecule has 8 heteroatoms. The van der Waals surface area contributed by atoms with Crippen molar-refractivity contribution in [2.24, 2.45) is 0 Å². The Morgan fingerprint density at radius 1 is 1.17 bits per heavy atom. The van der Waals surface area contributed by atoms with Crippen LogP contribution in [0.3, 0.4) is 0 Å². The van der Waals surface area contributed by atoms with Gasteiger partial charge in [-0.05, 0) is 24.3 Å². The van der Waals surface area contributed by atoms with Gasteiger partial charge < -0.3 is 14.5 Å². The first-order valence-corrected chi connectivity index (χ1v) is 8.91. The lowest BCUT2D eigenvalue weighted by molar-refractivity contribution is 0.179. The third-order valence-corrected chi connectivity index (χ3v) is 5.08. The second-order valence-electron chi connectivity index (χ2n) is 5.06. The number of benzene rings is 1. The second kappa shape index (κ2) is 6.68. The fourth-order valence-electron chi connectivity index (χ4n) is 2.24. The molecular weight excluding hydrogens is 344 g/mol. The van der Waals surface area contributed by atoms with Gasteiger partial charge >= 0.3 is 0 Å². The summed E-state index contributed by atoms with van der Waals surface area (Å²) in [7, 11) is 1.63. The van der Waals surface area contributed by atoms with Gasteiger partial charge in [-0.3, -0.25) is 0 Å². The summed E-state index contributed by atoms with van der Waals surface area (Å²) < 4.78 is 16.3. The summed E-state index contributed by atoms with van der Waals surface area (Å²) in [6, 6.07) is 12.0. The zero-order chi connectivity index (χ0) is 16.4. The van der Waals surface area contributed by atoms with Gasteiger partial charge in [0, 0.05) is 18.6 Å². The highest BCUT2D eigenvalue weighted by atomic mass is 32.1. The molecule has 0 spiro atoms. The van der Waals surface area contributed by atoms with E-state index in [2.05, 4.69) is 25.7 Å². The van der Waals surface area contributed by atoms with E-state index in [1.165, 1.54) is 11.5 Å². The highest BCUT2D eigenvalue weighted by Crippen LogP contribution is 2.31. The summed E-state index contributed by atoms with van der Waals surface area (Å²) >= 11 is 2.94. The Bertz CT molecular complexity index is 927. The molecule has 0 atom stereocenters. The average molecular weight is 358 g/mol. The Morgan fingerprint density at radius 2 is 2.08 bits per heavy atom. The maximum Gasteiger partial charge on any atom is 0.203 e. The van der Waals surface area contributed by atoms with Crippen LogP contribution in [0, 0.1) is 0 Å². The van der Waals surface area contributed by atoms with E-state index >= 15 is 0 Å². The summed E-state index contributed by atoms with van der Waals surface area (Å²) in [5, 5.41) is 4.85. The number of nitrogens with zero attached hydrogens (tertiary/aromatic N) is 3. The number of thiazole rings is 1. The van der Waals surface area contributed by atoms with Crippen LogP contribution in [0.4, 0.5) is 5.13 Å². The van der Waals surface area contributed by atoms with Crippen molar-refractivity contribution < 1.29 is 9.15 Å². The van der Waals surface area contributed by atoms with E-state index in [1.54, 1.807) is 18.4 Å². The van der Waals surface area contributed by atoms with Crippen molar-refractivity contribution >= 4 is 38.2 Å². The monoisotopic (exact) mass is 358 g/mol. The van der Waals surface area contributed by atoms with Crippen molar-refractivity contribution in [3.8, 4) is 10.8 Å². The molecule has 3 heterocycles. The maximum absolute atomic E-state index is 5.89. The number of hydrogen-bond donors (Lipinski definition) is 1. The second-order valence-corrected chi connectivity index (χ2v) is 6.84. The van der Waals surface area contributed by atoms with Gasteiger partial charge in [-0.25, -0.2) is 9.97 Å². The van der Waals surface area contributed by atoms with Crippen LogP contribution in [-0.4, -0.2) is 21.5 Å². The summed E-state index contributed by atoms with van der Waals surface area (Å²) in [4.78, 5) is 8.94. The van der Waals surface area contributed by atoms with Crippen LogP contribution >= 0.6 is 22.9 Å². The molecule has 24 heavy (non-hydrogen) atoms. The van der Waals surface area contributed by atoms with E-state index in [1.807, 2.05) is 30.3 Å². The van der Waals surface area contributed by atoms with Crippen LogP contribution in [0.2, 0.25) is 0 Å². The van der Waals surface area contributed by atoms with E-state index in [0.29, 0.717) is 19.0 Å². The number of hydrogen-bond acceptors (Lipinski definition) is 8. The topological polar surface area (TPSA) is 73.1 Å². The Morgan fingerprint density at radius 3 is 2.96 bits per heavy atom. The number of nitrogens with one attached hydrogen (secondary N) is 1. The molecule has 122 valence electrons. The zero-order valence-corrected chi connectivity index (χ0v) is 14.5. The first-order valence-electron chi connectivity index (χ1n) is 7.32. The normalized spacial score (nSPS) is 11.2. The molecule has 1 N–H and O–H groups in total. The van der Waals surface area contributed by atoms with Crippen molar-refractivity contribution in [2.75, 3.05) is 12.4 Å². The van der Waals surface area contributed by atoms with Crippen LogP contribution in [0.25, 0.3) is 21.0 Å². The molecule has 3 aromatic heterocycles. The molecule has 6 nitrogen and oxygen atoms in total. The van der Waals surface area contributed by atoms with Gasteiger partial charge in [0.2, 0.25) is 5.13 Å². The fraction of sp³-hybridized carbons (Fsp3) is 0.188. The first kappa shape index (κ1) is 15.3. The number of anilines is 1. The summed E-state index contributed by atoms with van der Waals surface area (Å²) in [6.07, 6.45) is 0. The van der Waals surface area contributed by atoms with E-state index in [0.717, 1.165) is 31.9 Å². The standard InChI is InChI=1S/C16H14N4O2S2/c1-21-9-14-19-16(24-20-14)17-8-10-6-7-12(22-10)15-18-11-4-2-3-5-13(11)23-15/h2-7H,8-9H2,1H3,(H,17,19,20). The SMILES string of the molecule is COCc1nsc(NCc2ccc(-c3nc4ccccc4s3)o2)n1. The van der Waals surface area contributed by atoms with E-state index < -0.39 is 0 Å². The number of aromatic nitrogens is 3. The van der Waals surface area contributed by atoms with Crippen LogP contribution in [0.1, 0.15) is 11.6 Å². The number of rotatable bonds is 6. The van der Waals surface area contributed by atoms with E-state index in [9.17, 15) is 0 Å². The summed E-state index contributed by atoms with van der Waals surface area (Å²) in [6.45, 7) is 0.965. The van der Waals surface area contributed by atoms with Crippen LogP contribution in [-0.2, 0) is 17.9 Å². The lowest BCUT2D eigenvalue weighted by Gasteiger charge is -1.98. The van der Waals surface area contributed by atoms with Gasteiger partial charge in [0.25, 0.3) is 0 Å².